The molecule has 0 saturated heterocycles. The van der Waals surface area contributed by atoms with Crippen molar-refractivity contribution in [2.45, 2.75) is 6.04 Å². The van der Waals surface area contributed by atoms with E-state index in [1.165, 1.54) is 5.56 Å². The second-order valence-electron chi connectivity index (χ2n) is 3.68. The number of imidazole rings is 1. The van der Waals surface area contributed by atoms with E-state index in [0.29, 0.717) is 6.54 Å². The van der Waals surface area contributed by atoms with E-state index in [1.54, 1.807) is 0 Å². The van der Waals surface area contributed by atoms with Gasteiger partial charge in [-0.05, 0) is 24.7 Å². The zero-order chi connectivity index (χ0) is 10.8. The number of rotatable bonds is 3. The molecular weight excluding hydrogens is 188 g/mol. The summed E-state index contributed by atoms with van der Waals surface area (Å²) in [4.78, 5) is 4.32. The third-order valence-electron chi connectivity index (χ3n) is 2.74. The van der Waals surface area contributed by atoms with Gasteiger partial charge in [0.2, 0.25) is 0 Å². The van der Waals surface area contributed by atoms with E-state index in [1.807, 2.05) is 25.0 Å². The molecule has 0 radical (unpaired) electrons. The monoisotopic (exact) mass is 204 g/mol. The van der Waals surface area contributed by atoms with Crippen molar-refractivity contribution >= 4 is 11.0 Å². The van der Waals surface area contributed by atoms with E-state index in [2.05, 4.69) is 28.5 Å². The number of nitrogens with zero attached hydrogens (tertiary/aromatic N) is 2. The Morgan fingerprint density at radius 1 is 1.53 bits per heavy atom. The van der Waals surface area contributed by atoms with Crippen molar-refractivity contribution in [3.05, 3.63) is 30.1 Å². The fourth-order valence-corrected chi connectivity index (χ4v) is 1.79. The number of benzene rings is 1. The first-order valence-electron chi connectivity index (χ1n) is 5.04. The molecule has 0 aliphatic rings. The molecule has 1 heterocycles. The summed E-state index contributed by atoms with van der Waals surface area (Å²) in [5, 5.41) is 3.18. The van der Waals surface area contributed by atoms with Crippen LogP contribution in [0.4, 0.5) is 0 Å². The largest absolute Gasteiger partial charge is 0.334 e. The van der Waals surface area contributed by atoms with Crippen molar-refractivity contribution in [2.75, 3.05) is 13.6 Å². The minimum absolute atomic E-state index is 0.205. The predicted octanol–water partition coefficient (Wildman–Crippen LogP) is 0.792. The van der Waals surface area contributed by atoms with Crippen molar-refractivity contribution in [2.24, 2.45) is 12.8 Å². The summed E-state index contributed by atoms with van der Waals surface area (Å²) in [6.07, 6.45) is 1.82. The van der Waals surface area contributed by atoms with Crippen LogP contribution in [0.15, 0.2) is 24.5 Å². The summed E-state index contributed by atoms with van der Waals surface area (Å²) in [5.74, 6) is 0. The summed E-state index contributed by atoms with van der Waals surface area (Å²) >= 11 is 0. The first kappa shape index (κ1) is 10.1. The van der Waals surface area contributed by atoms with Crippen LogP contribution in [-0.4, -0.2) is 23.1 Å². The standard InChI is InChI=1S/C11H16N4/c1-13-10(6-12)8-3-4-11-9(5-8)14-7-15(11)2/h3-5,7,10,13H,6,12H2,1-2H3. The molecule has 80 valence electrons. The highest BCUT2D eigenvalue weighted by molar-refractivity contribution is 5.76. The second kappa shape index (κ2) is 4.00. The van der Waals surface area contributed by atoms with Gasteiger partial charge in [-0.2, -0.15) is 0 Å². The lowest BCUT2D eigenvalue weighted by atomic mass is 10.1. The van der Waals surface area contributed by atoms with Gasteiger partial charge in [-0.15, -0.1) is 0 Å². The molecule has 1 unspecified atom stereocenters. The summed E-state index contributed by atoms with van der Waals surface area (Å²) in [6, 6.07) is 6.47. The molecule has 0 amide bonds. The number of aryl methyl sites for hydroxylation is 1. The summed E-state index contributed by atoms with van der Waals surface area (Å²) in [7, 11) is 3.91. The molecule has 0 bridgehead atoms. The maximum atomic E-state index is 5.68. The van der Waals surface area contributed by atoms with Crippen LogP contribution in [0, 0.1) is 0 Å². The summed E-state index contributed by atoms with van der Waals surface area (Å²) < 4.78 is 2.01. The highest BCUT2D eigenvalue weighted by Crippen LogP contribution is 2.18. The van der Waals surface area contributed by atoms with Crippen molar-refractivity contribution in [3.8, 4) is 0 Å². The van der Waals surface area contributed by atoms with Gasteiger partial charge in [0.25, 0.3) is 0 Å². The van der Waals surface area contributed by atoms with Crippen LogP contribution in [0.5, 0.6) is 0 Å². The second-order valence-corrected chi connectivity index (χ2v) is 3.68. The van der Waals surface area contributed by atoms with E-state index in [-0.39, 0.29) is 6.04 Å². The van der Waals surface area contributed by atoms with E-state index in [0.717, 1.165) is 11.0 Å². The van der Waals surface area contributed by atoms with Crippen LogP contribution in [0.1, 0.15) is 11.6 Å². The summed E-state index contributed by atoms with van der Waals surface area (Å²) in [5.41, 5.74) is 9.02. The quantitative estimate of drug-likeness (QED) is 0.777. The highest BCUT2D eigenvalue weighted by Gasteiger charge is 2.08. The number of fused-ring (bicyclic) bond motifs is 1. The Kier molecular flexibility index (Phi) is 2.70. The van der Waals surface area contributed by atoms with Gasteiger partial charge in [-0.3, -0.25) is 0 Å². The summed E-state index contributed by atoms with van der Waals surface area (Å²) in [6.45, 7) is 0.592. The van der Waals surface area contributed by atoms with Gasteiger partial charge >= 0.3 is 0 Å². The van der Waals surface area contributed by atoms with Gasteiger partial charge < -0.3 is 15.6 Å². The first-order valence-corrected chi connectivity index (χ1v) is 5.04. The lowest BCUT2D eigenvalue weighted by Gasteiger charge is -2.13. The lowest BCUT2D eigenvalue weighted by molar-refractivity contribution is 0.606. The van der Waals surface area contributed by atoms with Gasteiger partial charge in [0.05, 0.1) is 17.4 Å². The zero-order valence-electron chi connectivity index (χ0n) is 9.07. The Morgan fingerprint density at radius 2 is 2.33 bits per heavy atom. The topological polar surface area (TPSA) is 55.9 Å². The molecule has 3 N–H and O–H groups in total. The molecule has 0 aliphatic heterocycles. The normalized spacial score (nSPS) is 13.3. The third-order valence-corrected chi connectivity index (χ3v) is 2.74. The van der Waals surface area contributed by atoms with Gasteiger partial charge in [0, 0.05) is 19.6 Å². The molecule has 0 spiro atoms. The van der Waals surface area contributed by atoms with E-state index in [4.69, 9.17) is 5.73 Å². The van der Waals surface area contributed by atoms with Crippen LogP contribution in [-0.2, 0) is 7.05 Å². The molecule has 1 aromatic carbocycles. The highest BCUT2D eigenvalue weighted by atomic mass is 15.0. The van der Waals surface area contributed by atoms with Crippen LogP contribution in [0.3, 0.4) is 0 Å². The Bertz CT molecular complexity index is 457. The van der Waals surface area contributed by atoms with E-state index < -0.39 is 0 Å². The average molecular weight is 204 g/mol. The molecular formula is C11H16N4. The van der Waals surface area contributed by atoms with Gasteiger partial charge in [0.15, 0.2) is 0 Å². The van der Waals surface area contributed by atoms with Crippen LogP contribution >= 0.6 is 0 Å². The number of nitrogens with two attached hydrogens (primary N) is 1. The number of aromatic nitrogens is 2. The maximum Gasteiger partial charge on any atom is 0.0955 e. The molecule has 4 nitrogen and oxygen atoms in total. The Labute approximate surface area is 89.1 Å². The minimum atomic E-state index is 0.205. The minimum Gasteiger partial charge on any atom is -0.334 e. The molecule has 2 aromatic rings. The molecule has 0 aliphatic carbocycles. The molecule has 0 fully saturated rings. The van der Waals surface area contributed by atoms with E-state index in [9.17, 15) is 0 Å². The smallest absolute Gasteiger partial charge is 0.0955 e. The fourth-order valence-electron chi connectivity index (χ4n) is 1.79. The van der Waals surface area contributed by atoms with Crippen LogP contribution in [0.2, 0.25) is 0 Å². The van der Waals surface area contributed by atoms with Crippen LogP contribution < -0.4 is 11.1 Å². The molecule has 1 atom stereocenters. The molecule has 1 aromatic heterocycles. The molecule has 4 heteroatoms. The number of hydrogen-bond acceptors (Lipinski definition) is 3. The third kappa shape index (κ3) is 1.73. The average Bonchev–Trinajstić information content (AvgIpc) is 2.62. The van der Waals surface area contributed by atoms with Crippen molar-refractivity contribution in [1.82, 2.24) is 14.9 Å². The van der Waals surface area contributed by atoms with Gasteiger partial charge in [-0.25, -0.2) is 4.98 Å². The Hall–Kier alpha value is -1.39. The predicted molar refractivity (Wildman–Crippen MR) is 61.6 cm³/mol. The lowest BCUT2D eigenvalue weighted by Crippen LogP contribution is -2.24. The van der Waals surface area contributed by atoms with Gasteiger partial charge in [-0.1, -0.05) is 6.07 Å². The number of likely N-dealkylation sites (N-methyl/N-ethyl adjacent to an activating group) is 1. The maximum absolute atomic E-state index is 5.68. The first-order chi connectivity index (χ1) is 7.26. The fraction of sp³-hybridized carbons (Fsp3) is 0.364. The van der Waals surface area contributed by atoms with Crippen molar-refractivity contribution in [1.29, 1.82) is 0 Å². The Morgan fingerprint density at radius 3 is 3.00 bits per heavy atom. The van der Waals surface area contributed by atoms with Gasteiger partial charge in [0.1, 0.15) is 0 Å². The van der Waals surface area contributed by atoms with Crippen LogP contribution in [0.25, 0.3) is 11.0 Å². The number of hydrogen-bond donors (Lipinski definition) is 2. The van der Waals surface area contributed by atoms with Crippen molar-refractivity contribution in [3.63, 3.8) is 0 Å². The molecule has 0 saturated carbocycles. The van der Waals surface area contributed by atoms with E-state index >= 15 is 0 Å². The van der Waals surface area contributed by atoms with Crippen molar-refractivity contribution < 1.29 is 0 Å². The molecule has 2 rings (SSSR count). The zero-order valence-corrected chi connectivity index (χ0v) is 9.07. The molecule has 15 heavy (non-hydrogen) atoms. The Balaban J connectivity index is 2.46. The number of nitrogens with one attached hydrogen (secondary N) is 1. The SMILES string of the molecule is CNC(CN)c1ccc2c(c1)ncn2C.